The standard InChI is InChI=1S/C24H21F3N6O2/c1-11-3-6-18-21(14-5-4-13(24(25,26)27)7-19(14)35-18)33(11)23(34)15-8-17-16(9-29-15)31-22(28)20-12(2)30-10-32(17)20/h4-5,7-11,18,21H,3,6H2,1-2H3,(H2,28,31)/t11-,18+,21+/m0/s1. The van der Waals surface area contributed by atoms with E-state index in [-0.39, 0.29) is 23.4 Å². The number of halogens is 3. The molecule has 11 heteroatoms. The highest BCUT2D eigenvalue weighted by Gasteiger charge is 2.47. The molecule has 6 rings (SSSR count). The minimum atomic E-state index is -4.47. The van der Waals surface area contributed by atoms with Gasteiger partial charge < -0.3 is 15.4 Å². The Morgan fingerprint density at radius 1 is 1.20 bits per heavy atom. The number of rotatable bonds is 1. The van der Waals surface area contributed by atoms with Crippen molar-refractivity contribution in [3.05, 3.63) is 59.3 Å². The van der Waals surface area contributed by atoms with E-state index in [4.69, 9.17) is 10.5 Å². The van der Waals surface area contributed by atoms with Crippen LogP contribution in [0.4, 0.5) is 19.0 Å². The summed E-state index contributed by atoms with van der Waals surface area (Å²) in [6.45, 7) is 3.75. The average molecular weight is 482 g/mol. The molecule has 180 valence electrons. The molecular formula is C24H21F3N6O2. The number of carbonyl (C=O) groups excluding carboxylic acids is 1. The molecule has 4 aromatic rings. The van der Waals surface area contributed by atoms with E-state index in [9.17, 15) is 18.0 Å². The van der Waals surface area contributed by atoms with Crippen LogP contribution in [0.3, 0.4) is 0 Å². The SMILES string of the molecule is Cc1ncn2c1c(N)nc1cnc(C(=O)N3[C@@H]4c5ccc(C(F)(F)F)cc5O[C@@H]4CC[C@@H]3C)cc12. The number of piperidine rings is 1. The third-order valence-electron chi connectivity index (χ3n) is 6.94. The Morgan fingerprint density at radius 3 is 2.77 bits per heavy atom. The summed E-state index contributed by atoms with van der Waals surface area (Å²) < 4.78 is 47.4. The van der Waals surface area contributed by atoms with Gasteiger partial charge in [0, 0.05) is 11.6 Å². The molecule has 3 aromatic heterocycles. The van der Waals surface area contributed by atoms with E-state index in [0.717, 1.165) is 12.1 Å². The molecule has 2 aliphatic rings. The molecule has 8 nitrogen and oxygen atoms in total. The van der Waals surface area contributed by atoms with Gasteiger partial charge in [-0.2, -0.15) is 13.2 Å². The molecule has 2 N–H and O–H groups in total. The second kappa shape index (κ2) is 7.30. The van der Waals surface area contributed by atoms with Crippen LogP contribution in [0.5, 0.6) is 5.75 Å². The lowest BCUT2D eigenvalue weighted by Crippen LogP contribution is -2.49. The van der Waals surface area contributed by atoms with E-state index in [2.05, 4.69) is 15.0 Å². The van der Waals surface area contributed by atoms with Gasteiger partial charge in [-0.15, -0.1) is 0 Å². The van der Waals surface area contributed by atoms with Crippen molar-refractivity contribution in [1.82, 2.24) is 24.3 Å². The molecule has 0 radical (unpaired) electrons. The van der Waals surface area contributed by atoms with Crippen molar-refractivity contribution in [3.63, 3.8) is 0 Å². The first kappa shape index (κ1) is 21.6. The van der Waals surface area contributed by atoms with Crippen LogP contribution in [0.2, 0.25) is 0 Å². The fourth-order valence-corrected chi connectivity index (χ4v) is 5.25. The summed E-state index contributed by atoms with van der Waals surface area (Å²) >= 11 is 0. The summed E-state index contributed by atoms with van der Waals surface area (Å²) in [6, 6.07) is 4.47. The van der Waals surface area contributed by atoms with Gasteiger partial charge in [0.15, 0.2) is 5.82 Å². The van der Waals surface area contributed by atoms with E-state index < -0.39 is 23.9 Å². The number of carbonyl (C=O) groups is 1. The van der Waals surface area contributed by atoms with Crippen LogP contribution in [0, 0.1) is 6.92 Å². The van der Waals surface area contributed by atoms with Gasteiger partial charge in [0.05, 0.1) is 29.0 Å². The van der Waals surface area contributed by atoms with E-state index in [1.165, 1.54) is 12.3 Å². The highest BCUT2D eigenvalue weighted by atomic mass is 19.4. The van der Waals surface area contributed by atoms with Crippen molar-refractivity contribution < 1.29 is 22.7 Å². The molecule has 0 aliphatic carbocycles. The Balaban J connectivity index is 1.43. The fraction of sp³-hybridized carbons (Fsp3) is 0.333. The quantitative estimate of drug-likeness (QED) is 0.434. The summed E-state index contributed by atoms with van der Waals surface area (Å²) in [5.41, 5.74) is 8.60. The summed E-state index contributed by atoms with van der Waals surface area (Å²) in [6.07, 6.45) is -0.484. The first-order chi connectivity index (χ1) is 16.6. The number of anilines is 1. The number of nitrogen functional groups attached to an aromatic ring is 1. The molecule has 1 saturated heterocycles. The zero-order valence-corrected chi connectivity index (χ0v) is 18.9. The first-order valence-corrected chi connectivity index (χ1v) is 11.2. The van der Waals surface area contributed by atoms with Crippen LogP contribution >= 0.6 is 0 Å². The highest BCUT2D eigenvalue weighted by Crippen LogP contribution is 2.48. The molecule has 1 fully saturated rings. The van der Waals surface area contributed by atoms with Crippen LogP contribution < -0.4 is 10.5 Å². The maximum absolute atomic E-state index is 13.8. The number of ether oxygens (including phenoxy) is 1. The van der Waals surface area contributed by atoms with Crippen molar-refractivity contribution in [2.45, 2.75) is 51.1 Å². The van der Waals surface area contributed by atoms with Crippen molar-refractivity contribution in [2.75, 3.05) is 5.73 Å². The van der Waals surface area contributed by atoms with Crippen molar-refractivity contribution in [2.24, 2.45) is 0 Å². The van der Waals surface area contributed by atoms with E-state index in [1.807, 2.05) is 13.8 Å². The number of aromatic nitrogens is 4. The van der Waals surface area contributed by atoms with Gasteiger partial charge in [0.1, 0.15) is 34.9 Å². The largest absolute Gasteiger partial charge is 0.488 e. The summed E-state index contributed by atoms with van der Waals surface area (Å²) in [5.74, 6) is 0.162. The van der Waals surface area contributed by atoms with Gasteiger partial charge in [0.25, 0.3) is 5.91 Å². The third-order valence-corrected chi connectivity index (χ3v) is 6.94. The Kier molecular flexibility index (Phi) is 4.51. The van der Waals surface area contributed by atoms with Gasteiger partial charge in [-0.1, -0.05) is 6.07 Å². The van der Waals surface area contributed by atoms with Gasteiger partial charge in [-0.3, -0.25) is 9.20 Å². The predicted molar refractivity (Wildman–Crippen MR) is 121 cm³/mol. The topological polar surface area (TPSA) is 98.6 Å². The minimum Gasteiger partial charge on any atom is -0.488 e. The third kappa shape index (κ3) is 3.21. The molecule has 5 heterocycles. The number of nitrogens with two attached hydrogens (primary N) is 1. The Labute approximate surface area is 197 Å². The number of benzene rings is 1. The van der Waals surface area contributed by atoms with Crippen molar-refractivity contribution >= 4 is 28.3 Å². The first-order valence-electron chi connectivity index (χ1n) is 11.2. The number of nitrogens with zero attached hydrogens (tertiary/aromatic N) is 5. The van der Waals surface area contributed by atoms with Crippen LogP contribution in [0.1, 0.15) is 53.1 Å². The number of hydrogen-bond donors (Lipinski definition) is 1. The van der Waals surface area contributed by atoms with Gasteiger partial charge in [0.2, 0.25) is 0 Å². The van der Waals surface area contributed by atoms with E-state index in [0.29, 0.717) is 46.5 Å². The average Bonchev–Trinajstić information content (AvgIpc) is 3.38. The molecule has 0 bridgehead atoms. The number of likely N-dealkylation sites (tertiary alicyclic amines) is 1. The zero-order chi connectivity index (χ0) is 24.6. The summed E-state index contributed by atoms with van der Waals surface area (Å²) in [5, 5.41) is 0. The molecule has 2 aliphatic heterocycles. The van der Waals surface area contributed by atoms with Gasteiger partial charge in [-0.25, -0.2) is 15.0 Å². The maximum atomic E-state index is 13.8. The lowest BCUT2D eigenvalue weighted by atomic mass is 9.90. The summed E-state index contributed by atoms with van der Waals surface area (Å²) in [4.78, 5) is 28.5. The number of fused-ring (bicyclic) bond motifs is 6. The number of pyridine rings is 1. The lowest BCUT2D eigenvalue weighted by Gasteiger charge is -2.41. The molecular weight excluding hydrogens is 461 g/mol. The normalized spacial score (nSPS) is 21.7. The molecule has 0 saturated carbocycles. The molecule has 1 aromatic carbocycles. The molecule has 0 spiro atoms. The number of aryl methyl sites for hydroxylation is 1. The monoisotopic (exact) mass is 482 g/mol. The second-order valence-corrected chi connectivity index (χ2v) is 9.09. The van der Waals surface area contributed by atoms with Crippen LogP contribution in [0.25, 0.3) is 16.6 Å². The number of amides is 1. The molecule has 3 atom stereocenters. The molecule has 0 unspecified atom stereocenters. The second-order valence-electron chi connectivity index (χ2n) is 9.09. The van der Waals surface area contributed by atoms with E-state index >= 15 is 0 Å². The lowest BCUT2D eigenvalue weighted by molar-refractivity contribution is -0.137. The van der Waals surface area contributed by atoms with Gasteiger partial charge >= 0.3 is 6.18 Å². The van der Waals surface area contributed by atoms with Crippen LogP contribution in [-0.4, -0.2) is 42.3 Å². The Morgan fingerprint density at radius 2 is 2.00 bits per heavy atom. The molecule has 1 amide bonds. The van der Waals surface area contributed by atoms with Crippen molar-refractivity contribution in [3.8, 4) is 5.75 Å². The van der Waals surface area contributed by atoms with Crippen LogP contribution in [0.15, 0.2) is 36.8 Å². The van der Waals surface area contributed by atoms with Crippen molar-refractivity contribution in [1.29, 1.82) is 0 Å². The fourth-order valence-electron chi connectivity index (χ4n) is 5.25. The number of alkyl halides is 3. The maximum Gasteiger partial charge on any atom is 0.416 e. The number of hydrogen-bond acceptors (Lipinski definition) is 6. The highest BCUT2D eigenvalue weighted by molar-refractivity contribution is 5.96. The smallest absolute Gasteiger partial charge is 0.416 e. The van der Waals surface area contributed by atoms with Gasteiger partial charge in [-0.05, 0) is 44.9 Å². The minimum absolute atomic E-state index is 0.154. The zero-order valence-electron chi connectivity index (χ0n) is 18.9. The molecule has 35 heavy (non-hydrogen) atoms. The van der Waals surface area contributed by atoms with E-state index in [1.54, 1.807) is 21.7 Å². The Bertz CT molecular complexity index is 1510. The number of imidazole rings is 1. The Hall–Kier alpha value is -3.89. The summed E-state index contributed by atoms with van der Waals surface area (Å²) in [7, 11) is 0. The van der Waals surface area contributed by atoms with Crippen LogP contribution in [-0.2, 0) is 6.18 Å². The predicted octanol–water partition coefficient (Wildman–Crippen LogP) is 4.31.